The van der Waals surface area contributed by atoms with Gasteiger partial charge >= 0.3 is 19.8 Å². The first kappa shape index (κ1) is 49.0. The number of phosphoric acid groups is 1. The van der Waals surface area contributed by atoms with Crippen molar-refractivity contribution >= 4 is 19.8 Å². The Morgan fingerprint density at radius 1 is 0.588 bits per heavy atom. The molecule has 0 aliphatic heterocycles. The molecule has 51 heavy (non-hydrogen) atoms. The van der Waals surface area contributed by atoms with Crippen LogP contribution in [0.25, 0.3) is 0 Å². The Morgan fingerprint density at radius 3 is 1.61 bits per heavy atom. The van der Waals surface area contributed by atoms with E-state index in [-0.39, 0.29) is 32.6 Å². The number of ether oxygens (including phenoxy) is 2. The molecule has 0 fully saturated rings. The number of allylic oxidation sites excluding steroid dienone is 8. The molecule has 1 unspecified atom stereocenters. The normalized spacial score (nSPS) is 13.9. The second-order valence-electron chi connectivity index (χ2n) is 13.1. The van der Waals surface area contributed by atoms with Gasteiger partial charge < -0.3 is 20.1 Å². The average molecular weight is 740 g/mol. The summed E-state index contributed by atoms with van der Waals surface area (Å²) in [5.74, 6) is -0.881. The highest BCUT2D eigenvalue weighted by Crippen LogP contribution is 2.43. The second kappa shape index (κ2) is 37.7. The summed E-state index contributed by atoms with van der Waals surface area (Å²) in [7, 11) is -4.38. The number of hydrogen-bond acceptors (Lipinski definition) is 8. The first-order valence-corrected chi connectivity index (χ1v) is 21.6. The van der Waals surface area contributed by atoms with Crippen LogP contribution >= 0.6 is 7.82 Å². The molecule has 0 heterocycles. The number of nitrogens with two attached hydrogens (primary N) is 1. The molecule has 3 N–H and O–H groups in total. The molecule has 0 rings (SSSR count). The van der Waals surface area contributed by atoms with Crippen LogP contribution in [0, 0.1) is 0 Å². The lowest BCUT2D eigenvalue weighted by Crippen LogP contribution is -2.29. The van der Waals surface area contributed by atoms with Gasteiger partial charge in [0.15, 0.2) is 6.10 Å². The van der Waals surface area contributed by atoms with Crippen LogP contribution in [0.3, 0.4) is 0 Å². The SMILES string of the molecule is CCCCC/C=C/C/C=C/C/C=C/CCCCC(=O)OC[C@H](COP(=O)(O)OCCN)OC(=O)CCCCCCCCC/C=C/CCCCCC. The van der Waals surface area contributed by atoms with E-state index in [4.69, 9.17) is 24.3 Å². The van der Waals surface area contributed by atoms with Gasteiger partial charge in [-0.25, -0.2) is 4.57 Å². The Morgan fingerprint density at radius 2 is 1.02 bits per heavy atom. The molecular weight excluding hydrogens is 665 g/mol. The Labute approximate surface area is 311 Å². The van der Waals surface area contributed by atoms with Crippen LogP contribution in [0.2, 0.25) is 0 Å². The van der Waals surface area contributed by atoms with Crippen LogP contribution < -0.4 is 5.73 Å². The zero-order valence-corrected chi connectivity index (χ0v) is 33.2. The second-order valence-corrected chi connectivity index (χ2v) is 14.6. The van der Waals surface area contributed by atoms with Gasteiger partial charge in [0.2, 0.25) is 0 Å². The molecule has 0 saturated carbocycles. The summed E-state index contributed by atoms with van der Waals surface area (Å²) in [5.41, 5.74) is 5.33. The largest absolute Gasteiger partial charge is 0.472 e. The van der Waals surface area contributed by atoms with E-state index in [1.54, 1.807) is 0 Å². The predicted molar refractivity (Wildman–Crippen MR) is 210 cm³/mol. The van der Waals surface area contributed by atoms with Gasteiger partial charge in [-0.1, -0.05) is 127 Å². The van der Waals surface area contributed by atoms with E-state index < -0.39 is 32.5 Å². The van der Waals surface area contributed by atoms with Gasteiger partial charge in [0.05, 0.1) is 13.2 Å². The molecule has 0 spiro atoms. The molecule has 0 aromatic carbocycles. The number of carbonyl (C=O) groups excluding carboxylic acids is 2. The fourth-order valence-corrected chi connectivity index (χ4v) is 5.93. The van der Waals surface area contributed by atoms with Crippen molar-refractivity contribution in [2.75, 3.05) is 26.4 Å². The summed E-state index contributed by atoms with van der Waals surface area (Å²) in [6.07, 6.45) is 41.4. The third-order valence-corrected chi connectivity index (χ3v) is 9.17. The maximum Gasteiger partial charge on any atom is 0.472 e. The summed E-state index contributed by atoms with van der Waals surface area (Å²) >= 11 is 0. The van der Waals surface area contributed by atoms with Crippen molar-refractivity contribution in [2.24, 2.45) is 5.73 Å². The van der Waals surface area contributed by atoms with Gasteiger partial charge in [-0.15, -0.1) is 0 Å². The van der Waals surface area contributed by atoms with E-state index >= 15 is 0 Å². The van der Waals surface area contributed by atoms with E-state index in [1.165, 1.54) is 70.6 Å². The Balaban J connectivity index is 4.28. The van der Waals surface area contributed by atoms with E-state index in [0.29, 0.717) is 12.8 Å². The van der Waals surface area contributed by atoms with E-state index in [9.17, 15) is 19.0 Å². The molecule has 0 amide bonds. The van der Waals surface area contributed by atoms with Gasteiger partial charge in [0, 0.05) is 19.4 Å². The van der Waals surface area contributed by atoms with Gasteiger partial charge in [-0.3, -0.25) is 18.6 Å². The van der Waals surface area contributed by atoms with E-state index in [2.05, 4.69) is 62.5 Å². The number of rotatable bonds is 37. The monoisotopic (exact) mass is 740 g/mol. The van der Waals surface area contributed by atoms with Crippen LogP contribution in [0.1, 0.15) is 168 Å². The van der Waals surface area contributed by atoms with Gasteiger partial charge in [0.1, 0.15) is 6.61 Å². The van der Waals surface area contributed by atoms with E-state index in [0.717, 1.165) is 57.8 Å². The first-order chi connectivity index (χ1) is 24.8. The molecule has 0 bridgehead atoms. The summed E-state index contributed by atoms with van der Waals surface area (Å²) < 4.78 is 32.7. The molecule has 0 aliphatic carbocycles. The van der Waals surface area contributed by atoms with Crippen LogP contribution in [0.5, 0.6) is 0 Å². The summed E-state index contributed by atoms with van der Waals surface area (Å²) in [4.78, 5) is 34.7. The molecule has 0 aromatic heterocycles. The topological polar surface area (TPSA) is 134 Å². The van der Waals surface area contributed by atoms with Crippen molar-refractivity contribution in [3.05, 3.63) is 48.6 Å². The fourth-order valence-electron chi connectivity index (χ4n) is 5.16. The third kappa shape index (κ3) is 37.5. The first-order valence-electron chi connectivity index (χ1n) is 20.1. The van der Waals surface area contributed by atoms with Crippen molar-refractivity contribution in [1.29, 1.82) is 0 Å². The van der Waals surface area contributed by atoms with E-state index in [1.807, 2.05) is 0 Å². The molecule has 10 heteroatoms. The fraction of sp³-hybridized carbons (Fsp3) is 0.756. The zero-order chi connectivity index (χ0) is 37.5. The lowest BCUT2D eigenvalue weighted by Gasteiger charge is -2.19. The van der Waals surface area contributed by atoms with Crippen molar-refractivity contribution in [3.8, 4) is 0 Å². The average Bonchev–Trinajstić information content (AvgIpc) is 3.11. The number of esters is 2. The minimum absolute atomic E-state index is 0.0461. The van der Waals surface area contributed by atoms with Crippen molar-refractivity contribution < 1.29 is 37.6 Å². The molecule has 296 valence electrons. The summed E-state index contributed by atoms with van der Waals surface area (Å²) in [5, 5.41) is 0. The molecule has 0 saturated heterocycles. The number of unbranched alkanes of at least 4 members (excludes halogenated alkanes) is 16. The Kier molecular flexibility index (Phi) is 36.2. The zero-order valence-electron chi connectivity index (χ0n) is 32.3. The quantitative estimate of drug-likeness (QED) is 0.0276. The molecule has 0 radical (unpaired) electrons. The lowest BCUT2D eigenvalue weighted by molar-refractivity contribution is -0.161. The lowest BCUT2D eigenvalue weighted by atomic mass is 10.1. The smallest absolute Gasteiger partial charge is 0.462 e. The van der Waals surface area contributed by atoms with Gasteiger partial charge in [-0.2, -0.15) is 0 Å². The Bertz CT molecular complexity index is 981. The minimum atomic E-state index is -4.38. The van der Waals surface area contributed by atoms with Crippen molar-refractivity contribution in [2.45, 2.75) is 174 Å². The van der Waals surface area contributed by atoms with Gasteiger partial charge in [-0.05, 0) is 77.0 Å². The summed E-state index contributed by atoms with van der Waals surface area (Å²) in [6, 6.07) is 0. The minimum Gasteiger partial charge on any atom is -0.462 e. The van der Waals surface area contributed by atoms with Gasteiger partial charge in [0.25, 0.3) is 0 Å². The number of carbonyl (C=O) groups is 2. The molecule has 0 aromatic rings. The van der Waals surface area contributed by atoms with Crippen LogP contribution in [-0.4, -0.2) is 49.3 Å². The number of phosphoric ester groups is 1. The highest BCUT2D eigenvalue weighted by molar-refractivity contribution is 7.47. The molecule has 2 atom stereocenters. The highest BCUT2D eigenvalue weighted by Gasteiger charge is 2.25. The third-order valence-electron chi connectivity index (χ3n) is 8.19. The number of hydrogen-bond donors (Lipinski definition) is 2. The molecule has 0 aliphatic rings. The van der Waals surface area contributed by atoms with Crippen LogP contribution in [-0.2, 0) is 32.7 Å². The van der Waals surface area contributed by atoms with Crippen molar-refractivity contribution in [1.82, 2.24) is 0 Å². The predicted octanol–water partition coefficient (Wildman–Crippen LogP) is 11.2. The summed E-state index contributed by atoms with van der Waals surface area (Å²) in [6.45, 7) is 3.63. The van der Waals surface area contributed by atoms with Crippen LogP contribution in [0.4, 0.5) is 0 Å². The highest BCUT2D eigenvalue weighted by atomic mass is 31.2. The van der Waals surface area contributed by atoms with Crippen LogP contribution in [0.15, 0.2) is 48.6 Å². The molecular formula is C41H74NO8P. The maximum atomic E-state index is 12.5. The Hall–Kier alpha value is -2.03. The van der Waals surface area contributed by atoms with Crippen molar-refractivity contribution in [3.63, 3.8) is 0 Å². The maximum absolute atomic E-state index is 12.5. The standard InChI is InChI=1S/C41H74NO8P/c1-3-5-7-9-11-13-15-17-19-21-23-25-27-29-31-33-40(43)47-37-39(38-49-51(45,46)48-36-35-42)50-41(44)34-32-30-28-26-24-22-20-18-16-14-12-10-8-6-4-2/h11,13-14,16-17,19,23,25,39H,3-10,12,15,18,20-22,24,26-38,42H2,1-2H3,(H,45,46)/b13-11+,16-14+,19-17+,25-23+/t39-/m1/s1. The molecule has 9 nitrogen and oxygen atoms in total.